The maximum atomic E-state index is 12.8. The Morgan fingerprint density at radius 2 is 0.600 bits per heavy atom. The van der Waals surface area contributed by atoms with Crippen molar-refractivity contribution in [2.75, 3.05) is 13.2 Å². The summed E-state index contributed by atoms with van der Waals surface area (Å²) in [5, 5.41) is 0. The van der Waals surface area contributed by atoms with Crippen molar-refractivity contribution in [2.24, 2.45) is 0 Å². The van der Waals surface area contributed by atoms with E-state index >= 15 is 0 Å². The summed E-state index contributed by atoms with van der Waals surface area (Å²) in [4.78, 5) is 38.1. The number of carbonyl (C=O) groups excluding carboxylic acids is 3. The monoisotopic (exact) mass is 907 g/mol. The zero-order valence-corrected chi connectivity index (χ0v) is 42.7. The first-order valence-electron chi connectivity index (χ1n) is 27.5. The predicted octanol–water partition coefficient (Wildman–Crippen LogP) is 18.2. The van der Waals surface area contributed by atoms with Crippen LogP contribution in [0.5, 0.6) is 0 Å². The van der Waals surface area contributed by atoms with E-state index in [0.29, 0.717) is 19.3 Å². The lowest BCUT2D eigenvalue weighted by Crippen LogP contribution is -2.30. The second kappa shape index (κ2) is 53.5. The number of esters is 3. The average molecular weight is 907 g/mol. The van der Waals surface area contributed by atoms with Gasteiger partial charge < -0.3 is 14.2 Å². The normalized spacial score (nSPS) is 12.6. The van der Waals surface area contributed by atoms with Gasteiger partial charge in [-0.2, -0.15) is 0 Å². The highest BCUT2D eigenvalue weighted by molar-refractivity contribution is 5.71. The van der Waals surface area contributed by atoms with Gasteiger partial charge in [-0.1, -0.05) is 254 Å². The molecule has 6 nitrogen and oxygen atoms in total. The Kier molecular flexibility index (Phi) is 50.9. The summed E-state index contributed by atoms with van der Waals surface area (Å²) in [5.74, 6) is -0.913. The van der Waals surface area contributed by atoms with Gasteiger partial charge in [0.2, 0.25) is 0 Å². The van der Waals surface area contributed by atoms with Gasteiger partial charge in [0.05, 0.1) is 0 Å². The molecule has 0 N–H and O–H groups in total. The first-order valence-corrected chi connectivity index (χ1v) is 27.5. The van der Waals surface area contributed by atoms with E-state index in [1.54, 1.807) is 0 Å². The van der Waals surface area contributed by atoms with Gasteiger partial charge in [-0.3, -0.25) is 14.4 Å². The van der Waals surface area contributed by atoms with Crippen LogP contribution in [0.4, 0.5) is 0 Å². The molecule has 0 aromatic heterocycles. The number of unbranched alkanes of at least 4 members (excludes halogenated alkanes) is 30. The van der Waals surface area contributed by atoms with Crippen molar-refractivity contribution in [1.29, 1.82) is 0 Å². The highest BCUT2D eigenvalue weighted by Gasteiger charge is 2.19. The first kappa shape index (κ1) is 61.9. The van der Waals surface area contributed by atoms with E-state index < -0.39 is 6.10 Å². The molecule has 0 heterocycles. The topological polar surface area (TPSA) is 78.9 Å². The fraction of sp³-hybridized carbons (Fsp3) is 0.746. The summed E-state index contributed by atoms with van der Waals surface area (Å²) in [6, 6.07) is 0. The molecule has 0 aliphatic rings. The summed E-state index contributed by atoms with van der Waals surface area (Å²) in [7, 11) is 0. The molecule has 374 valence electrons. The highest BCUT2D eigenvalue weighted by Crippen LogP contribution is 2.16. The fourth-order valence-corrected chi connectivity index (χ4v) is 7.64. The van der Waals surface area contributed by atoms with Crippen molar-refractivity contribution in [2.45, 2.75) is 271 Å². The highest BCUT2D eigenvalue weighted by atomic mass is 16.6. The molecule has 0 rings (SSSR count). The van der Waals surface area contributed by atoms with Crippen LogP contribution in [0.25, 0.3) is 0 Å². The third-order valence-electron chi connectivity index (χ3n) is 11.8. The Morgan fingerprint density at radius 1 is 0.308 bits per heavy atom. The number of carbonyl (C=O) groups is 3. The number of allylic oxidation sites excluding steroid dienone is 12. The number of ether oxygens (including phenoxy) is 3. The minimum Gasteiger partial charge on any atom is -0.462 e. The van der Waals surface area contributed by atoms with E-state index in [-0.39, 0.29) is 31.1 Å². The van der Waals surface area contributed by atoms with Crippen LogP contribution in [-0.4, -0.2) is 37.2 Å². The number of hydrogen-bond acceptors (Lipinski definition) is 6. The Labute approximate surface area is 402 Å². The summed E-state index contributed by atoms with van der Waals surface area (Å²) in [6.45, 7) is 6.52. The van der Waals surface area contributed by atoms with Crippen LogP contribution in [0.3, 0.4) is 0 Å². The maximum Gasteiger partial charge on any atom is 0.306 e. The minimum absolute atomic E-state index is 0.0865. The molecule has 65 heavy (non-hydrogen) atoms. The van der Waals surface area contributed by atoms with Crippen molar-refractivity contribution in [3.8, 4) is 0 Å². The van der Waals surface area contributed by atoms with E-state index in [2.05, 4.69) is 69.4 Å². The molecule has 0 spiro atoms. The van der Waals surface area contributed by atoms with Crippen LogP contribution in [0.1, 0.15) is 265 Å². The number of hydrogen-bond donors (Lipinski definition) is 0. The van der Waals surface area contributed by atoms with Crippen LogP contribution < -0.4 is 0 Å². The summed E-state index contributed by atoms with van der Waals surface area (Å²) >= 11 is 0. The summed E-state index contributed by atoms with van der Waals surface area (Å²) in [5.41, 5.74) is 0. The zero-order chi connectivity index (χ0) is 47.2. The van der Waals surface area contributed by atoms with Gasteiger partial charge in [-0.25, -0.2) is 0 Å². The van der Waals surface area contributed by atoms with Crippen LogP contribution in [0.15, 0.2) is 72.9 Å². The van der Waals surface area contributed by atoms with E-state index in [1.165, 1.54) is 135 Å². The smallest absolute Gasteiger partial charge is 0.306 e. The second-order valence-electron chi connectivity index (χ2n) is 18.3. The SMILES string of the molecule is CCC\C=C/C=C\C=C/C=C\C=C/CCCCCCCC(=O)OCC(COC(=O)CCCCCCC/C=C\CCCCC)OC(=O)CCCCCCCCCCCCCCCCCCC. The molecule has 0 aromatic carbocycles. The van der Waals surface area contributed by atoms with Gasteiger partial charge in [0, 0.05) is 19.3 Å². The molecule has 0 radical (unpaired) electrons. The van der Waals surface area contributed by atoms with Crippen molar-refractivity contribution in [1.82, 2.24) is 0 Å². The predicted molar refractivity (Wildman–Crippen MR) is 279 cm³/mol. The Balaban J connectivity index is 4.41. The molecule has 0 aliphatic carbocycles. The molecule has 1 unspecified atom stereocenters. The molecule has 0 fully saturated rings. The van der Waals surface area contributed by atoms with E-state index in [0.717, 1.165) is 89.9 Å². The van der Waals surface area contributed by atoms with Crippen molar-refractivity contribution in [3.05, 3.63) is 72.9 Å². The molecule has 0 aromatic rings. The van der Waals surface area contributed by atoms with Crippen molar-refractivity contribution < 1.29 is 28.6 Å². The fourth-order valence-electron chi connectivity index (χ4n) is 7.64. The quantitative estimate of drug-likeness (QED) is 0.0199. The van der Waals surface area contributed by atoms with Gasteiger partial charge in [0.1, 0.15) is 13.2 Å². The lowest BCUT2D eigenvalue weighted by molar-refractivity contribution is -0.167. The average Bonchev–Trinajstić information content (AvgIpc) is 3.30. The van der Waals surface area contributed by atoms with E-state index in [9.17, 15) is 14.4 Å². The largest absolute Gasteiger partial charge is 0.462 e. The summed E-state index contributed by atoms with van der Waals surface area (Å²) in [6.07, 6.45) is 67.4. The molecule has 0 saturated carbocycles. The third-order valence-corrected chi connectivity index (χ3v) is 11.8. The second-order valence-corrected chi connectivity index (χ2v) is 18.3. The minimum atomic E-state index is -0.787. The maximum absolute atomic E-state index is 12.8. The Hall–Kier alpha value is -3.15. The Bertz CT molecular complexity index is 1230. The third kappa shape index (κ3) is 51.7. The molecule has 0 amide bonds. The molecule has 0 aliphatic heterocycles. The lowest BCUT2D eigenvalue weighted by atomic mass is 10.0. The molecular formula is C59H102O6. The number of rotatable bonds is 49. The molecule has 1 atom stereocenters. The van der Waals surface area contributed by atoms with Crippen LogP contribution in [0.2, 0.25) is 0 Å². The zero-order valence-electron chi connectivity index (χ0n) is 42.7. The van der Waals surface area contributed by atoms with Crippen molar-refractivity contribution in [3.63, 3.8) is 0 Å². The van der Waals surface area contributed by atoms with Crippen LogP contribution >= 0.6 is 0 Å². The van der Waals surface area contributed by atoms with Crippen LogP contribution in [0, 0.1) is 0 Å². The van der Waals surface area contributed by atoms with Crippen LogP contribution in [-0.2, 0) is 28.6 Å². The van der Waals surface area contributed by atoms with Gasteiger partial charge in [-0.05, 0) is 64.2 Å². The Morgan fingerprint density at radius 3 is 1.00 bits per heavy atom. The van der Waals surface area contributed by atoms with Gasteiger partial charge >= 0.3 is 17.9 Å². The lowest BCUT2D eigenvalue weighted by Gasteiger charge is -2.18. The van der Waals surface area contributed by atoms with Gasteiger partial charge in [0.25, 0.3) is 0 Å². The molecule has 6 heteroatoms. The summed E-state index contributed by atoms with van der Waals surface area (Å²) < 4.78 is 16.8. The standard InChI is InChI=1S/C59H102O6/c1-4-7-10-13-16-19-22-25-27-29-31-32-34-37-40-43-46-49-52-58(61)64-55-56(54-63-57(60)51-48-45-42-39-36-24-21-18-15-12-9-6-3)65-59(62)53-50-47-44-41-38-35-33-30-28-26-23-20-17-14-11-8-5-2/h10,13,16,18-19,21-22,25,27,29,31-32,56H,4-9,11-12,14-15,17,20,23-24,26,28,30,33-55H2,1-3H3/b13-10-,19-16-,21-18-,25-22-,29-27-,32-31-. The van der Waals surface area contributed by atoms with E-state index in [1.807, 2.05) is 24.3 Å². The van der Waals surface area contributed by atoms with Gasteiger partial charge in [-0.15, -0.1) is 0 Å². The molecule has 0 bridgehead atoms. The van der Waals surface area contributed by atoms with Gasteiger partial charge in [0.15, 0.2) is 6.10 Å². The first-order chi connectivity index (χ1) is 32.0. The molecular weight excluding hydrogens is 805 g/mol. The van der Waals surface area contributed by atoms with Crippen molar-refractivity contribution >= 4 is 17.9 Å². The van der Waals surface area contributed by atoms with E-state index in [4.69, 9.17) is 14.2 Å². The molecule has 0 saturated heterocycles.